The molecule has 3 nitrogen and oxygen atoms in total. The molecule has 0 bridgehead atoms. The fraction of sp³-hybridized carbons (Fsp3) is 0.238. The minimum atomic E-state index is -0.0454. The second kappa shape index (κ2) is 8.70. The topological polar surface area (TPSA) is 44.5 Å². The average Bonchev–Trinajstić information content (AvgIpc) is 3.17. The first-order valence-electron chi connectivity index (χ1n) is 8.48. The summed E-state index contributed by atoms with van der Waals surface area (Å²) in [6.07, 6.45) is 0.714. The first kappa shape index (κ1) is 17.5. The van der Waals surface area contributed by atoms with Crippen molar-refractivity contribution in [3.8, 4) is 11.5 Å². The SMILES string of the molecule is CCOc1cccc(CC(N)c2cccs2)c1OCc1ccccc1. The fourth-order valence-corrected chi connectivity index (χ4v) is 3.45. The quantitative estimate of drug-likeness (QED) is 0.622. The van der Waals surface area contributed by atoms with Gasteiger partial charge in [-0.05, 0) is 42.0 Å². The Morgan fingerprint density at radius 1 is 0.960 bits per heavy atom. The second-order valence-electron chi connectivity index (χ2n) is 5.78. The summed E-state index contributed by atoms with van der Waals surface area (Å²) in [7, 11) is 0. The van der Waals surface area contributed by atoms with E-state index in [9.17, 15) is 0 Å². The lowest BCUT2D eigenvalue weighted by Gasteiger charge is -2.18. The van der Waals surface area contributed by atoms with Crippen LogP contribution in [0, 0.1) is 0 Å². The molecule has 1 atom stereocenters. The lowest BCUT2D eigenvalue weighted by atomic mass is 10.0. The van der Waals surface area contributed by atoms with Gasteiger partial charge in [-0.3, -0.25) is 0 Å². The van der Waals surface area contributed by atoms with Crippen molar-refractivity contribution in [1.82, 2.24) is 0 Å². The van der Waals surface area contributed by atoms with E-state index in [0.717, 1.165) is 22.6 Å². The van der Waals surface area contributed by atoms with Gasteiger partial charge in [0.05, 0.1) is 6.61 Å². The summed E-state index contributed by atoms with van der Waals surface area (Å²) >= 11 is 1.68. The first-order chi connectivity index (χ1) is 12.3. The Bertz CT molecular complexity index is 772. The molecule has 0 radical (unpaired) electrons. The van der Waals surface area contributed by atoms with Crippen molar-refractivity contribution in [2.75, 3.05) is 6.61 Å². The highest BCUT2D eigenvalue weighted by Crippen LogP contribution is 2.35. The van der Waals surface area contributed by atoms with Gasteiger partial charge in [0.2, 0.25) is 0 Å². The summed E-state index contributed by atoms with van der Waals surface area (Å²) in [6.45, 7) is 3.08. The zero-order valence-corrected chi connectivity index (χ0v) is 15.2. The monoisotopic (exact) mass is 353 g/mol. The zero-order chi connectivity index (χ0) is 17.5. The predicted molar refractivity (Wildman–Crippen MR) is 103 cm³/mol. The van der Waals surface area contributed by atoms with Crippen molar-refractivity contribution in [3.05, 3.63) is 82.0 Å². The van der Waals surface area contributed by atoms with Crippen molar-refractivity contribution in [3.63, 3.8) is 0 Å². The Morgan fingerprint density at radius 2 is 1.80 bits per heavy atom. The van der Waals surface area contributed by atoms with E-state index < -0.39 is 0 Å². The maximum atomic E-state index is 6.39. The Morgan fingerprint density at radius 3 is 2.52 bits per heavy atom. The van der Waals surface area contributed by atoms with Crippen LogP contribution < -0.4 is 15.2 Å². The molecule has 4 heteroatoms. The summed E-state index contributed by atoms with van der Waals surface area (Å²) in [5.41, 5.74) is 8.58. The first-order valence-corrected chi connectivity index (χ1v) is 9.36. The summed E-state index contributed by atoms with van der Waals surface area (Å²) < 4.78 is 11.9. The maximum absolute atomic E-state index is 6.39. The number of ether oxygens (including phenoxy) is 2. The van der Waals surface area contributed by atoms with Crippen LogP contribution in [0.15, 0.2) is 66.0 Å². The molecule has 0 aliphatic heterocycles. The number of hydrogen-bond donors (Lipinski definition) is 1. The van der Waals surface area contributed by atoms with Crippen molar-refractivity contribution in [2.45, 2.75) is 26.0 Å². The number of thiophene rings is 1. The van der Waals surface area contributed by atoms with Crippen LogP contribution in [0.5, 0.6) is 11.5 Å². The Hall–Kier alpha value is -2.30. The smallest absolute Gasteiger partial charge is 0.164 e. The van der Waals surface area contributed by atoms with Crippen molar-refractivity contribution in [2.24, 2.45) is 5.73 Å². The molecule has 0 spiro atoms. The molecule has 1 heterocycles. The van der Waals surface area contributed by atoms with Crippen LogP contribution in [0.4, 0.5) is 0 Å². The third-order valence-corrected chi connectivity index (χ3v) is 4.94. The van der Waals surface area contributed by atoms with Crippen LogP contribution >= 0.6 is 11.3 Å². The van der Waals surface area contributed by atoms with Gasteiger partial charge in [-0.25, -0.2) is 0 Å². The number of hydrogen-bond acceptors (Lipinski definition) is 4. The molecule has 25 heavy (non-hydrogen) atoms. The van der Waals surface area contributed by atoms with Crippen LogP contribution in [0.1, 0.15) is 29.0 Å². The van der Waals surface area contributed by atoms with Gasteiger partial charge in [-0.1, -0.05) is 48.5 Å². The third kappa shape index (κ3) is 4.62. The van der Waals surface area contributed by atoms with Crippen LogP contribution in [-0.4, -0.2) is 6.61 Å². The summed E-state index contributed by atoms with van der Waals surface area (Å²) in [6, 6.07) is 20.2. The zero-order valence-electron chi connectivity index (χ0n) is 14.4. The van der Waals surface area contributed by atoms with E-state index in [0.29, 0.717) is 19.6 Å². The number of benzene rings is 2. The lowest BCUT2D eigenvalue weighted by Crippen LogP contribution is -2.13. The highest BCUT2D eigenvalue weighted by molar-refractivity contribution is 7.10. The van der Waals surface area contributed by atoms with Gasteiger partial charge in [0, 0.05) is 10.9 Å². The minimum absolute atomic E-state index is 0.0454. The lowest BCUT2D eigenvalue weighted by molar-refractivity contribution is 0.266. The molecule has 0 aliphatic rings. The van der Waals surface area contributed by atoms with E-state index in [1.54, 1.807) is 11.3 Å². The van der Waals surface area contributed by atoms with Crippen LogP contribution in [0.3, 0.4) is 0 Å². The van der Waals surface area contributed by atoms with Gasteiger partial charge in [0.15, 0.2) is 11.5 Å². The molecule has 0 amide bonds. The van der Waals surface area contributed by atoms with Crippen LogP contribution in [0.2, 0.25) is 0 Å². The largest absolute Gasteiger partial charge is 0.490 e. The summed E-state index contributed by atoms with van der Waals surface area (Å²) in [4.78, 5) is 1.18. The molecule has 1 unspecified atom stereocenters. The molecular weight excluding hydrogens is 330 g/mol. The van der Waals surface area contributed by atoms with Crippen molar-refractivity contribution >= 4 is 11.3 Å². The Kier molecular flexibility index (Phi) is 6.09. The van der Waals surface area contributed by atoms with Gasteiger partial charge in [-0.15, -0.1) is 11.3 Å². The van der Waals surface area contributed by atoms with E-state index in [2.05, 4.69) is 29.6 Å². The molecule has 1 aromatic heterocycles. The van der Waals surface area contributed by atoms with Gasteiger partial charge in [0.25, 0.3) is 0 Å². The highest BCUT2D eigenvalue weighted by Gasteiger charge is 2.16. The highest BCUT2D eigenvalue weighted by atomic mass is 32.1. The molecule has 3 rings (SSSR count). The fourth-order valence-electron chi connectivity index (χ4n) is 2.72. The Labute approximate surface area is 153 Å². The average molecular weight is 353 g/mol. The van der Waals surface area contributed by atoms with Crippen molar-refractivity contribution < 1.29 is 9.47 Å². The molecule has 0 aliphatic carbocycles. The number of rotatable bonds is 8. The van der Waals surface area contributed by atoms with E-state index in [-0.39, 0.29) is 6.04 Å². The molecule has 130 valence electrons. The van der Waals surface area contributed by atoms with Crippen LogP contribution in [0.25, 0.3) is 0 Å². The standard InChI is InChI=1S/C21H23NO2S/c1-2-23-19-11-6-10-17(14-18(22)20-12-7-13-25-20)21(19)24-15-16-8-4-3-5-9-16/h3-13,18H,2,14-15,22H2,1H3. The van der Waals surface area contributed by atoms with E-state index in [4.69, 9.17) is 15.2 Å². The van der Waals surface area contributed by atoms with Gasteiger partial charge in [0.1, 0.15) is 6.61 Å². The summed E-state index contributed by atoms with van der Waals surface area (Å²) in [5, 5.41) is 2.05. The predicted octanol–water partition coefficient (Wildman–Crippen LogP) is 4.97. The molecule has 0 saturated carbocycles. The molecular formula is C21H23NO2S. The second-order valence-corrected chi connectivity index (χ2v) is 6.76. The van der Waals surface area contributed by atoms with Gasteiger partial charge in [-0.2, -0.15) is 0 Å². The van der Waals surface area contributed by atoms with E-state index in [1.165, 1.54) is 4.88 Å². The van der Waals surface area contributed by atoms with E-state index in [1.807, 2.05) is 43.3 Å². The normalized spacial score (nSPS) is 11.9. The number of para-hydroxylation sites is 1. The maximum Gasteiger partial charge on any atom is 0.164 e. The third-order valence-electron chi connectivity index (χ3n) is 3.93. The summed E-state index contributed by atoms with van der Waals surface area (Å²) in [5.74, 6) is 1.56. The van der Waals surface area contributed by atoms with Crippen molar-refractivity contribution in [1.29, 1.82) is 0 Å². The minimum Gasteiger partial charge on any atom is -0.490 e. The van der Waals surface area contributed by atoms with Crippen LogP contribution in [-0.2, 0) is 13.0 Å². The number of nitrogens with two attached hydrogens (primary N) is 1. The molecule has 0 fully saturated rings. The molecule has 2 N–H and O–H groups in total. The molecule has 2 aromatic carbocycles. The molecule has 3 aromatic rings. The van der Waals surface area contributed by atoms with E-state index >= 15 is 0 Å². The Balaban J connectivity index is 1.82. The van der Waals surface area contributed by atoms with Gasteiger partial charge < -0.3 is 15.2 Å². The molecule has 0 saturated heterocycles. The van der Waals surface area contributed by atoms with Gasteiger partial charge >= 0.3 is 0 Å².